The van der Waals surface area contributed by atoms with Crippen LogP contribution in [0.2, 0.25) is 0 Å². The van der Waals surface area contributed by atoms with Gasteiger partial charge in [-0.1, -0.05) is 6.92 Å². The predicted octanol–water partition coefficient (Wildman–Crippen LogP) is 2.90. The number of hydrogen-bond donors (Lipinski definition) is 0. The Morgan fingerprint density at radius 3 is 2.94 bits per heavy atom. The average Bonchev–Trinajstić information content (AvgIpc) is 2.79. The van der Waals surface area contributed by atoms with E-state index in [1.165, 1.54) is 0 Å². The van der Waals surface area contributed by atoms with Gasteiger partial charge in [0.1, 0.15) is 0 Å². The van der Waals surface area contributed by atoms with Gasteiger partial charge in [0.25, 0.3) is 0 Å². The highest BCUT2D eigenvalue weighted by Gasteiger charge is 2.14. The summed E-state index contributed by atoms with van der Waals surface area (Å²) in [6, 6.07) is 1.94. The zero-order valence-electron chi connectivity index (χ0n) is 10.5. The first-order valence-corrected chi connectivity index (χ1v) is 6.56. The van der Waals surface area contributed by atoms with Crippen molar-refractivity contribution in [2.45, 2.75) is 39.2 Å². The lowest BCUT2D eigenvalue weighted by Gasteiger charge is -2.22. The Hall–Kier alpha value is -1.09. The van der Waals surface area contributed by atoms with E-state index >= 15 is 0 Å². The van der Waals surface area contributed by atoms with Crippen LogP contribution in [0, 0.1) is 5.92 Å². The molecule has 0 N–H and O–H groups in total. The number of hydrogen-bond acceptors (Lipinski definition) is 2. The highest BCUT2D eigenvalue weighted by Crippen LogP contribution is 2.17. The van der Waals surface area contributed by atoms with Crippen LogP contribution in [0.15, 0.2) is 18.5 Å². The van der Waals surface area contributed by atoms with E-state index in [1.807, 2.05) is 25.4 Å². The monoisotopic (exact) mass is 235 g/mol. The first kappa shape index (κ1) is 12.4. The van der Waals surface area contributed by atoms with Crippen LogP contribution in [0.1, 0.15) is 43.0 Å². The molecular formula is C14H21NO2. The zero-order valence-corrected chi connectivity index (χ0v) is 10.5. The van der Waals surface area contributed by atoms with Crippen molar-refractivity contribution in [2.75, 3.05) is 13.2 Å². The van der Waals surface area contributed by atoms with Gasteiger partial charge in [-0.3, -0.25) is 4.79 Å². The Morgan fingerprint density at radius 2 is 2.24 bits per heavy atom. The maximum atomic E-state index is 11.7. The van der Waals surface area contributed by atoms with E-state index in [-0.39, 0.29) is 5.78 Å². The summed E-state index contributed by atoms with van der Waals surface area (Å²) in [7, 11) is 0. The smallest absolute Gasteiger partial charge is 0.164 e. The molecule has 3 nitrogen and oxygen atoms in total. The quantitative estimate of drug-likeness (QED) is 0.735. The molecule has 0 saturated carbocycles. The standard InChI is InChI=1S/C14H21NO2/c1-2-3-14(16)13-4-7-15(11-13)10-12-5-8-17-9-6-12/h4,7,11-12H,2-3,5-6,8-10H2,1H3. The second-order valence-electron chi connectivity index (χ2n) is 4.83. The first-order chi connectivity index (χ1) is 8.29. The fraction of sp³-hybridized carbons (Fsp3) is 0.643. The molecule has 0 radical (unpaired) electrons. The van der Waals surface area contributed by atoms with E-state index in [4.69, 9.17) is 4.74 Å². The molecule has 0 unspecified atom stereocenters. The van der Waals surface area contributed by atoms with Crippen molar-refractivity contribution in [3.8, 4) is 0 Å². The molecule has 0 bridgehead atoms. The van der Waals surface area contributed by atoms with Crippen molar-refractivity contribution in [3.63, 3.8) is 0 Å². The lowest BCUT2D eigenvalue weighted by Crippen LogP contribution is -2.19. The molecular weight excluding hydrogens is 214 g/mol. The van der Waals surface area contributed by atoms with Crippen LogP contribution in [0.25, 0.3) is 0 Å². The largest absolute Gasteiger partial charge is 0.381 e. The van der Waals surface area contributed by atoms with Crippen LogP contribution in [0.3, 0.4) is 0 Å². The van der Waals surface area contributed by atoms with Crippen LogP contribution in [-0.2, 0) is 11.3 Å². The van der Waals surface area contributed by atoms with Crippen LogP contribution in [-0.4, -0.2) is 23.6 Å². The van der Waals surface area contributed by atoms with E-state index in [0.29, 0.717) is 12.3 Å². The van der Waals surface area contributed by atoms with Gasteiger partial charge in [0.05, 0.1) is 0 Å². The Balaban J connectivity index is 1.91. The fourth-order valence-corrected chi connectivity index (χ4v) is 2.32. The number of rotatable bonds is 5. The molecule has 1 aliphatic rings. The second-order valence-corrected chi connectivity index (χ2v) is 4.83. The molecule has 1 fully saturated rings. The van der Waals surface area contributed by atoms with E-state index in [0.717, 1.165) is 44.6 Å². The molecule has 0 amide bonds. The van der Waals surface area contributed by atoms with E-state index in [9.17, 15) is 4.79 Å². The van der Waals surface area contributed by atoms with Crippen LogP contribution in [0.5, 0.6) is 0 Å². The number of Topliss-reactive ketones (excluding diaryl/α,β-unsaturated/α-hetero) is 1. The van der Waals surface area contributed by atoms with Gasteiger partial charge in [0.2, 0.25) is 0 Å². The Bertz CT molecular complexity index is 364. The number of ether oxygens (including phenoxy) is 1. The van der Waals surface area contributed by atoms with Crippen molar-refractivity contribution in [1.29, 1.82) is 0 Å². The molecule has 1 aliphatic heterocycles. The van der Waals surface area contributed by atoms with Gasteiger partial charge in [-0.2, -0.15) is 0 Å². The molecule has 1 saturated heterocycles. The van der Waals surface area contributed by atoms with Crippen molar-refractivity contribution in [3.05, 3.63) is 24.0 Å². The third-order valence-electron chi connectivity index (χ3n) is 3.36. The first-order valence-electron chi connectivity index (χ1n) is 6.56. The van der Waals surface area contributed by atoms with Crippen molar-refractivity contribution in [1.82, 2.24) is 4.57 Å². The molecule has 0 aromatic carbocycles. The maximum Gasteiger partial charge on any atom is 0.164 e. The van der Waals surface area contributed by atoms with Crippen molar-refractivity contribution < 1.29 is 9.53 Å². The molecule has 0 atom stereocenters. The minimum Gasteiger partial charge on any atom is -0.381 e. The molecule has 94 valence electrons. The SMILES string of the molecule is CCCC(=O)c1ccn(CC2CCOCC2)c1. The summed E-state index contributed by atoms with van der Waals surface area (Å²) in [4.78, 5) is 11.7. The van der Waals surface area contributed by atoms with Crippen molar-refractivity contribution in [2.24, 2.45) is 5.92 Å². The van der Waals surface area contributed by atoms with Gasteiger partial charge >= 0.3 is 0 Å². The predicted molar refractivity (Wildman–Crippen MR) is 67.2 cm³/mol. The number of ketones is 1. The molecule has 17 heavy (non-hydrogen) atoms. The third-order valence-corrected chi connectivity index (χ3v) is 3.36. The lowest BCUT2D eigenvalue weighted by atomic mass is 10.0. The van der Waals surface area contributed by atoms with Crippen LogP contribution >= 0.6 is 0 Å². The summed E-state index contributed by atoms with van der Waals surface area (Å²) in [6.45, 7) is 4.82. The number of aromatic nitrogens is 1. The minimum atomic E-state index is 0.262. The second kappa shape index (κ2) is 6.01. The molecule has 1 aromatic heterocycles. The molecule has 2 heterocycles. The highest BCUT2D eigenvalue weighted by molar-refractivity contribution is 5.95. The maximum absolute atomic E-state index is 11.7. The summed E-state index contributed by atoms with van der Waals surface area (Å²) < 4.78 is 7.50. The normalized spacial score (nSPS) is 17.2. The number of carbonyl (C=O) groups excluding carboxylic acids is 1. The molecule has 0 aliphatic carbocycles. The summed E-state index contributed by atoms with van der Waals surface area (Å²) >= 11 is 0. The van der Waals surface area contributed by atoms with Crippen LogP contribution in [0.4, 0.5) is 0 Å². The Morgan fingerprint density at radius 1 is 1.47 bits per heavy atom. The summed E-state index contributed by atoms with van der Waals surface area (Å²) in [5.74, 6) is 0.962. The van der Waals surface area contributed by atoms with Gasteiger partial charge < -0.3 is 9.30 Å². The van der Waals surface area contributed by atoms with Crippen LogP contribution < -0.4 is 0 Å². The third kappa shape index (κ3) is 3.43. The molecule has 2 rings (SSSR count). The van der Waals surface area contributed by atoms with Gasteiger partial charge in [-0.25, -0.2) is 0 Å². The van der Waals surface area contributed by atoms with E-state index < -0.39 is 0 Å². The zero-order chi connectivity index (χ0) is 12.1. The van der Waals surface area contributed by atoms with Crippen molar-refractivity contribution >= 4 is 5.78 Å². The molecule has 1 aromatic rings. The molecule has 0 spiro atoms. The van der Waals surface area contributed by atoms with E-state index in [2.05, 4.69) is 4.57 Å². The number of carbonyl (C=O) groups is 1. The minimum absolute atomic E-state index is 0.262. The molecule has 3 heteroatoms. The Labute approximate surface area is 103 Å². The fourth-order valence-electron chi connectivity index (χ4n) is 2.32. The number of nitrogens with zero attached hydrogens (tertiary/aromatic N) is 1. The van der Waals surface area contributed by atoms with Gasteiger partial charge in [0, 0.05) is 44.1 Å². The topological polar surface area (TPSA) is 31.2 Å². The van der Waals surface area contributed by atoms with Gasteiger partial charge in [-0.05, 0) is 31.2 Å². The highest BCUT2D eigenvalue weighted by atomic mass is 16.5. The average molecular weight is 235 g/mol. The summed E-state index contributed by atoms with van der Waals surface area (Å²) in [5, 5.41) is 0. The summed E-state index contributed by atoms with van der Waals surface area (Å²) in [6.07, 6.45) is 7.86. The summed E-state index contributed by atoms with van der Waals surface area (Å²) in [5.41, 5.74) is 0.860. The van der Waals surface area contributed by atoms with Gasteiger partial charge in [0.15, 0.2) is 5.78 Å². The van der Waals surface area contributed by atoms with E-state index in [1.54, 1.807) is 0 Å². The Kier molecular flexibility index (Phi) is 4.37. The lowest BCUT2D eigenvalue weighted by molar-refractivity contribution is 0.0613. The van der Waals surface area contributed by atoms with Gasteiger partial charge in [-0.15, -0.1) is 0 Å².